The summed E-state index contributed by atoms with van der Waals surface area (Å²) in [5.41, 5.74) is 0. The van der Waals surface area contributed by atoms with Crippen LogP contribution in [0.25, 0.3) is 0 Å². The van der Waals surface area contributed by atoms with Gasteiger partial charge in [-0.2, -0.15) is 12.7 Å². The third-order valence-electron chi connectivity index (χ3n) is 1.53. The highest BCUT2D eigenvalue weighted by molar-refractivity contribution is 7.87. The number of carboxylic acid groups (broad SMARTS) is 1. The molecule has 0 fully saturated rings. The van der Waals surface area contributed by atoms with Gasteiger partial charge in [0.25, 0.3) is 10.2 Å². The summed E-state index contributed by atoms with van der Waals surface area (Å²) < 4.78 is 25.3. The van der Waals surface area contributed by atoms with Crippen molar-refractivity contribution in [3.8, 4) is 0 Å². The molecule has 0 aliphatic heterocycles. The van der Waals surface area contributed by atoms with E-state index < -0.39 is 16.2 Å². The van der Waals surface area contributed by atoms with Gasteiger partial charge in [0.05, 0.1) is 0 Å². The molecule has 0 aliphatic carbocycles. The van der Waals surface area contributed by atoms with E-state index in [1.54, 1.807) is 0 Å². The summed E-state index contributed by atoms with van der Waals surface area (Å²) in [6.07, 6.45) is 0.288. The van der Waals surface area contributed by atoms with Gasteiger partial charge in [-0.15, -0.1) is 0 Å². The minimum Gasteiger partial charge on any atom is -0.481 e. The molecule has 6 nitrogen and oxygen atoms in total. The molecule has 78 valence electrons. The minimum absolute atomic E-state index is 0.0242. The average Bonchev–Trinajstić information content (AvgIpc) is 2.03. The minimum atomic E-state index is -3.41. The van der Waals surface area contributed by atoms with Crippen LogP contribution in [-0.2, 0) is 15.0 Å². The highest BCUT2D eigenvalue weighted by Crippen LogP contribution is 1.97. The second-order valence-electron chi connectivity index (χ2n) is 2.53. The molecule has 0 saturated heterocycles. The van der Waals surface area contributed by atoms with Gasteiger partial charge < -0.3 is 5.11 Å². The maximum absolute atomic E-state index is 11.0. The number of carboxylic acids is 1. The van der Waals surface area contributed by atoms with Gasteiger partial charge in [0.15, 0.2) is 0 Å². The van der Waals surface area contributed by atoms with E-state index in [9.17, 15) is 13.2 Å². The third kappa shape index (κ3) is 4.81. The summed E-state index contributed by atoms with van der Waals surface area (Å²) in [4.78, 5) is 10.1. The Morgan fingerprint density at radius 3 is 2.46 bits per heavy atom. The quantitative estimate of drug-likeness (QED) is 0.603. The van der Waals surface area contributed by atoms with Crippen molar-refractivity contribution in [3.05, 3.63) is 0 Å². The molecule has 0 unspecified atom stereocenters. The highest BCUT2D eigenvalue weighted by Gasteiger charge is 2.14. The first-order chi connectivity index (χ1) is 5.90. The van der Waals surface area contributed by atoms with Crippen LogP contribution in [0.4, 0.5) is 0 Å². The zero-order chi connectivity index (χ0) is 10.5. The smallest absolute Gasteiger partial charge is 0.303 e. The number of carbonyl (C=O) groups is 1. The van der Waals surface area contributed by atoms with E-state index in [0.717, 1.165) is 4.31 Å². The predicted octanol–water partition coefficient (Wildman–Crippen LogP) is -0.753. The maximum atomic E-state index is 11.0. The molecule has 0 spiro atoms. The maximum Gasteiger partial charge on any atom is 0.303 e. The third-order valence-corrected chi connectivity index (χ3v) is 3.05. The fourth-order valence-electron chi connectivity index (χ4n) is 0.729. The Balaban J connectivity index is 3.88. The number of nitrogens with zero attached hydrogens (tertiary/aromatic N) is 1. The number of hydrogen-bond acceptors (Lipinski definition) is 3. The van der Waals surface area contributed by atoms with Crippen LogP contribution in [-0.4, -0.2) is 44.4 Å². The van der Waals surface area contributed by atoms with E-state index in [1.165, 1.54) is 14.1 Å². The lowest BCUT2D eigenvalue weighted by Crippen LogP contribution is -2.36. The number of rotatable bonds is 6. The van der Waals surface area contributed by atoms with E-state index in [4.69, 9.17) is 5.11 Å². The molecule has 0 aromatic rings. The van der Waals surface area contributed by atoms with Crippen molar-refractivity contribution >= 4 is 16.2 Å². The molecule has 0 amide bonds. The normalized spacial score (nSPS) is 11.9. The Morgan fingerprint density at radius 1 is 1.54 bits per heavy atom. The lowest BCUT2D eigenvalue weighted by Gasteiger charge is -2.14. The Bertz CT molecular complexity index is 262. The lowest BCUT2D eigenvalue weighted by atomic mass is 10.3. The second kappa shape index (κ2) is 5.15. The van der Waals surface area contributed by atoms with E-state index in [0.29, 0.717) is 6.42 Å². The van der Waals surface area contributed by atoms with Crippen molar-refractivity contribution in [2.24, 2.45) is 0 Å². The van der Waals surface area contributed by atoms with Crippen molar-refractivity contribution in [2.75, 3.05) is 20.6 Å². The first-order valence-corrected chi connectivity index (χ1v) is 5.20. The predicted molar refractivity (Wildman–Crippen MR) is 47.5 cm³/mol. The topological polar surface area (TPSA) is 86.7 Å². The summed E-state index contributed by atoms with van der Waals surface area (Å²) in [6.45, 7) is 0.204. The molecule has 7 heteroatoms. The van der Waals surface area contributed by atoms with Crippen LogP contribution >= 0.6 is 0 Å². The highest BCUT2D eigenvalue weighted by atomic mass is 32.2. The first kappa shape index (κ1) is 12.3. The molecule has 0 saturated carbocycles. The van der Waals surface area contributed by atoms with Crippen molar-refractivity contribution in [1.29, 1.82) is 0 Å². The first-order valence-electron chi connectivity index (χ1n) is 3.76. The Kier molecular flexibility index (Phi) is 4.89. The molecule has 0 aliphatic rings. The number of aliphatic carboxylic acids is 1. The largest absolute Gasteiger partial charge is 0.481 e. The molecule has 13 heavy (non-hydrogen) atoms. The van der Waals surface area contributed by atoms with Crippen molar-refractivity contribution in [2.45, 2.75) is 12.8 Å². The van der Waals surface area contributed by atoms with Crippen molar-refractivity contribution in [1.82, 2.24) is 9.03 Å². The van der Waals surface area contributed by atoms with Crippen LogP contribution in [0.1, 0.15) is 12.8 Å². The molecule has 0 bridgehead atoms. The van der Waals surface area contributed by atoms with Crippen LogP contribution in [0, 0.1) is 0 Å². The summed E-state index contributed by atoms with van der Waals surface area (Å²) >= 11 is 0. The summed E-state index contributed by atoms with van der Waals surface area (Å²) in [7, 11) is -0.701. The van der Waals surface area contributed by atoms with E-state index in [2.05, 4.69) is 4.72 Å². The fourth-order valence-corrected chi connectivity index (χ4v) is 1.41. The van der Waals surface area contributed by atoms with E-state index in [1.807, 2.05) is 0 Å². The van der Waals surface area contributed by atoms with Crippen molar-refractivity contribution < 1.29 is 18.3 Å². The lowest BCUT2D eigenvalue weighted by molar-refractivity contribution is -0.137. The molecular formula is C6H14N2O4S. The van der Waals surface area contributed by atoms with Crippen LogP contribution in [0.15, 0.2) is 0 Å². The van der Waals surface area contributed by atoms with E-state index in [-0.39, 0.29) is 13.0 Å². The Hall–Kier alpha value is -0.660. The molecule has 2 N–H and O–H groups in total. The second-order valence-corrected chi connectivity index (χ2v) is 4.51. The van der Waals surface area contributed by atoms with Crippen LogP contribution in [0.2, 0.25) is 0 Å². The molecule has 0 rings (SSSR count). The van der Waals surface area contributed by atoms with Gasteiger partial charge in [-0.1, -0.05) is 0 Å². The van der Waals surface area contributed by atoms with Gasteiger partial charge >= 0.3 is 5.97 Å². The molecule has 0 heterocycles. The summed E-state index contributed by atoms with van der Waals surface area (Å²) in [5.74, 6) is -0.921. The van der Waals surface area contributed by atoms with Gasteiger partial charge in [-0.25, -0.2) is 4.72 Å². The number of hydrogen-bond donors (Lipinski definition) is 2. The van der Waals surface area contributed by atoms with Gasteiger partial charge in [0.2, 0.25) is 0 Å². The molecular weight excluding hydrogens is 196 g/mol. The van der Waals surface area contributed by atoms with Crippen LogP contribution in [0.5, 0.6) is 0 Å². The Morgan fingerprint density at radius 2 is 2.08 bits per heavy atom. The summed E-state index contributed by atoms with van der Waals surface area (Å²) in [5, 5.41) is 8.30. The molecule has 0 aromatic carbocycles. The molecule has 0 atom stereocenters. The molecule has 0 radical (unpaired) electrons. The standard InChI is InChI=1S/C6H14N2O4S/c1-7-13(11,12)8(2)5-3-4-6(9)10/h7H,3-5H2,1-2H3,(H,9,10). The van der Waals surface area contributed by atoms with Gasteiger partial charge in [0.1, 0.15) is 0 Å². The van der Waals surface area contributed by atoms with Crippen LogP contribution < -0.4 is 4.72 Å². The van der Waals surface area contributed by atoms with Crippen LogP contribution in [0.3, 0.4) is 0 Å². The average molecular weight is 210 g/mol. The van der Waals surface area contributed by atoms with Gasteiger partial charge in [-0.3, -0.25) is 4.79 Å². The number of nitrogens with one attached hydrogen (secondary N) is 1. The Labute approximate surface area is 77.7 Å². The van der Waals surface area contributed by atoms with Gasteiger partial charge in [-0.05, 0) is 6.42 Å². The van der Waals surface area contributed by atoms with E-state index >= 15 is 0 Å². The van der Waals surface area contributed by atoms with Gasteiger partial charge in [0, 0.05) is 27.1 Å². The monoisotopic (exact) mass is 210 g/mol. The van der Waals surface area contributed by atoms with Crippen molar-refractivity contribution in [3.63, 3.8) is 0 Å². The zero-order valence-electron chi connectivity index (χ0n) is 7.65. The fraction of sp³-hybridized carbons (Fsp3) is 0.833. The molecule has 0 aromatic heterocycles. The SMILES string of the molecule is CNS(=O)(=O)N(C)CCCC(=O)O. The zero-order valence-corrected chi connectivity index (χ0v) is 8.47. The summed E-state index contributed by atoms with van der Waals surface area (Å²) in [6, 6.07) is 0.